The van der Waals surface area contributed by atoms with Crippen LogP contribution < -0.4 is 0 Å². The minimum Gasteiger partial charge on any atom is -0.372 e. The molecule has 3 aliphatic rings. The Morgan fingerprint density at radius 1 is 1.36 bits per heavy atom. The highest BCUT2D eigenvalue weighted by molar-refractivity contribution is 5.29. The molecule has 4 rings (SSSR count). The van der Waals surface area contributed by atoms with Gasteiger partial charge >= 0.3 is 0 Å². The van der Waals surface area contributed by atoms with Crippen molar-refractivity contribution in [3.63, 3.8) is 0 Å². The van der Waals surface area contributed by atoms with Crippen LogP contribution in [0.15, 0.2) is 6.07 Å². The Morgan fingerprint density at radius 3 is 2.68 bits per heavy atom. The van der Waals surface area contributed by atoms with Crippen molar-refractivity contribution in [1.29, 1.82) is 0 Å². The van der Waals surface area contributed by atoms with E-state index in [1.165, 1.54) is 24.2 Å². The first-order chi connectivity index (χ1) is 10.5. The number of morpholine rings is 1. The van der Waals surface area contributed by atoms with Crippen LogP contribution in [-0.4, -0.2) is 47.0 Å². The Kier molecular flexibility index (Phi) is 3.39. The van der Waals surface area contributed by atoms with Gasteiger partial charge < -0.3 is 9.64 Å². The van der Waals surface area contributed by atoms with Gasteiger partial charge in [0.25, 0.3) is 0 Å². The number of aromatic nitrogens is 2. The largest absolute Gasteiger partial charge is 0.372 e. The van der Waals surface area contributed by atoms with Crippen LogP contribution in [-0.2, 0) is 11.2 Å². The van der Waals surface area contributed by atoms with Gasteiger partial charge in [-0.25, -0.2) is 0 Å². The minimum atomic E-state index is 0.162. The van der Waals surface area contributed by atoms with Gasteiger partial charge in [-0.15, -0.1) is 0 Å². The fourth-order valence-electron chi connectivity index (χ4n) is 4.96. The molecule has 2 unspecified atom stereocenters. The number of ether oxygens (including phenoxy) is 1. The van der Waals surface area contributed by atoms with Gasteiger partial charge in [-0.05, 0) is 58.1 Å². The second kappa shape index (κ2) is 5.07. The summed E-state index contributed by atoms with van der Waals surface area (Å²) >= 11 is 0. The van der Waals surface area contributed by atoms with Crippen LogP contribution in [0.3, 0.4) is 0 Å². The quantitative estimate of drug-likeness (QED) is 0.860. The predicted octanol–water partition coefficient (Wildman–Crippen LogP) is 2.85. The normalized spacial score (nSPS) is 38.0. The van der Waals surface area contributed by atoms with Gasteiger partial charge in [0.15, 0.2) is 0 Å². The zero-order valence-electron chi connectivity index (χ0n) is 14.4. The van der Waals surface area contributed by atoms with E-state index in [9.17, 15) is 0 Å². The molecule has 1 spiro atoms. The molecule has 2 heterocycles. The second-order valence-electron chi connectivity index (χ2n) is 7.98. The molecule has 122 valence electrons. The Balaban J connectivity index is 1.51. The lowest BCUT2D eigenvalue weighted by Gasteiger charge is -2.40. The van der Waals surface area contributed by atoms with Crippen molar-refractivity contribution in [3.8, 4) is 0 Å². The van der Waals surface area contributed by atoms with E-state index in [0.29, 0.717) is 6.04 Å². The third-order valence-electron chi connectivity index (χ3n) is 5.99. The van der Waals surface area contributed by atoms with E-state index in [0.717, 1.165) is 43.9 Å². The topological polar surface area (TPSA) is 30.3 Å². The summed E-state index contributed by atoms with van der Waals surface area (Å²) in [5.41, 5.74) is 2.90. The summed E-state index contributed by atoms with van der Waals surface area (Å²) < 4.78 is 8.50. The Morgan fingerprint density at radius 2 is 2.09 bits per heavy atom. The number of rotatable bonds is 3. The highest BCUT2D eigenvalue weighted by Crippen LogP contribution is 2.67. The monoisotopic (exact) mass is 303 g/mol. The molecule has 1 aliphatic heterocycles. The molecule has 1 saturated heterocycles. The van der Waals surface area contributed by atoms with Crippen molar-refractivity contribution >= 4 is 0 Å². The number of hydrogen-bond donors (Lipinski definition) is 0. The molecule has 4 heteroatoms. The van der Waals surface area contributed by atoms with Crippen LogP contribution in [0.5, 0.6) is 0 Å². The van der Waals surface area contributed by atoms with Gasteiger partial charge in [0.1, 0.15) is 0 Å². The van der Waals surface area contributed by atoms with Crippen molar-refractivity contribution < 1.29 is 4.74 Å². The highest BCUT2D eigenvalue weighted by atomic mass is 16.5. The lowest BCUT2D eigenvalue weighted by atomic mass is 9.91. The Bertz CT molecular complexity index is 553. The van der Waals surface area contributed by atoms with E-state index in [4.69, 9.17) is 9.84 Å². The molecule has 0 bridgehead atoms. The molecule has 2 aliphatic carbocycles. The zero-order chi connectivity index (χ0) is 15.5. The molecule has 3 fully saturated rings. The third-order valence-corrected chi connectivity index (χ3v) is 5.99. The third kappa shape index (κ3) is 2.23. The molecule has 4 nitrogen and oxygen atoms in total. The molecule has 2 saturated carbocycles. The molecule has 0 aromatic carbocycles. The van der Waals surface area contributed by atoms with Gasteiger partial charge in [0.05, 0.1) is 17.9 Å². The number of aryl methyl sites for hydroxylation is 1. The molecule has 1 aromatic heterocycles. The highest BCUT2D eigenvalue weighted by Gasteiger charge is 2.63. The van der Waals surface area contributed by atoms with E-state index < -0.39 is 0 Å². The van der Waals surface area contributed by atoms with Crippen LogP contribution in [0, 0.1) is 11.8 Å². The van der Waals surface area contributed by atoms with E-state index in [-0.39, 0.29) is 5.60 Å². The van der Waals surface area contributed by atoms with E-state index in [1.807, 2.05) is 0 Å². The molecule has 0 amide bonds. The average molecular weight is 303 g/mol. The fourth-order valence-corrected chi connectivity index (χ4v) is 4.96. The number of likely N-dealkylation sites (N-methyl/N-ethyl adjacent to an activating group) is 1. The second-order valence-corrected chi connectivity index (χ2v) is 7.98. The maximum atomic E-state index is 6.22. The van der Waals surface area contributed by atoms with E-state index in [1.54, 1.807) is 0 Å². The van der Waals surface area contributed by atoms with Crippen molar-refractivity contribution in [3.05, 3.63) is 17.5 Å². The van der Waals surface area contributed by atoms with E-state index in [2.05, 4.69) is 43.5 Å². The average Bonchev–Trinajstić information content (AvgIpc) is 2.87. The van der Waals surface area contributed by atoms with Crippen molar-refractivity contribution in [2.45, 2.75) is 57.6 Å². The van der Waals surface area contributed by atoms with Crippen LogP contribution >= 0.6 is 0 Å². The van der Waals surface area contributed by atoms with Gasteiger partial charge in [-0.1, -0.05) is 6.92 Å². The smallest absolute Gasteiger partial charge is 0.0815 e. The molecule has 2 atom stereocenters. The summed E-state index contributed by atoms with van der Waals surface area (Å²) in [7, 11) is 2.23. The molecular formula is C18H29N3O. The number of hydrogen-bond acceptors (Lipinski definition) is 3. The van der Waals surface area contributed by atoms with Crippen LogP contribution in [0.2, 0.25) is 0 Å². The van der Waals surface area contributed by atoms with Gasteiger partial charge in [-0.2, -0.15) is 5.10 Å². The molecule has 0 N–H and O–H groups in total. The Labute approximate surface area is 133 Å². The van der Waals surface area contributed by atoms with Gasteiger partial charge in [0, 0.05) is 30.7 Å². The maximum absolute atomic E-state index is 6.22. The molecule has 1 aromatic rings. The molecule has 22 heavy (non-hydrogen) atoms. The summed E-state index contributed by atoms with van der Waals surface area (Å²) in [5.74, 6) is 2.38. The lowest BCUT2D eigenvalue weighted by Crippen LogP contribution is -2.49. The van der Waals surface area contributed by atoms with Gasteiger partial charge in [-0.3, -0.25) is 4.68 Å². The summed E-state index contributed by atoms with van der Waals surface area (Å²) in [5, 5.41) is 4.81. The SMILES string of the molecule is CCc1cc(C2C3CC4(CC32)CN(C)CCO4)n(C(C)C)n1. The first-order valence-electron chi connectivity index (χ1n) is 8.94. The zero-order valence-corrected chi connectivity index (χ0v) is 14.4. The first kappa shape index (κ1) is 14.7. The number of nitrogens with zero attached hydrogens (tertiary/aromatic N) is 3. The van der Waals surface area contributed by atoms with Crippen LogP contribution in [0.1, 0.15) is 57.0 Å². The summed E-state index contributed by atoms with van der Waals surface area (Å²) in [6.07, 6.45) is 3.53. The van der Waals surface area contributed by atoms with Crippen LogP contribution in [0.4, 0.5) is 0 Å². The number of fused-ring (bicyclic) bond motifs is 1. The predicted molar refractivity (Wildman–Crippen MR) is 87.1 cm³/mol. The Hall–Kier alpha value is -0.870. The summed E-state index contributed by atoms with van der Waals surface area (Å²) in [6.45, 7) is 9.80. The van der Waals surface area contributed by atoms with E-state index >= 15 is 0 Å². The maximum Gasteiger partial charge on any atom is 0.0815 e. The summed E-state index contributed by atoms with van der Waals surface area (Å²) in [4.78, 5) is 2.44. The summed E-state index contributed by atoms with van der Waals surface area (Å²) in [6, 6.07) is 2.83. The fraction of sp³-hybridized carbons (Fsp3) is 0.833. The lowest BCUT2D eigenvalue weighted by molar-refractivity contribution is -0.106. The standard InChI is InChI=1S/C18H29N3O/c1-5-13-8-16(21(19-13)12(2)3)17-14-9-18(10-15(14)17)11-20(4)6-7-22-18/h8,12,14-15,17H,5-7,9-11H2,1-4H3. The minimum absolute atomic E-state index is 0.162. The van der Waals surface area contributed by atoms with Gasteiger partial charge in [0.2, 0.25) is 0 Å². The first-order valence-corrected chi connectivity index (χ1v) is 8.94. The molecular weight excluding hydrogens is 274 g/mol. The van der Waals surface area contributed by atoms with Crippen molar-refractivity contribution in [2.24, 2.45) is 11.8 Å². The van der Waals surface area contributed by atoms with Crippen molar-refractivity contribution in [1.82, 2.24) is 14.7 Å². The molecule has 0 radical (unpaired) electrons. The van der Waals surface area contributed by atoms with Crippen LogP contribution in [0.25, 0.3) is 0 Å². The van der Waals surface area contributed by atoms with Crippen molar-refractivity contribution in [2.75, 3.05) is 26.7 Å².